The third-order valence-electron chi connectivity index (χ3n) is 3.65. The van der Waals surface area contributed by atoms with E-state index in [1.807, 2.05) is 30.3 Å². The van der Waals surface area contributed by atoms with Crippen LogP contribution in [-0.2, 0) is 16.1 Å². The summed E-state index contributed by atoms with van der Waals surface area (Å²) in [5.41, 5.74) is 2.41. The Hall–Kier alpha value is -2.36. The molecule has 1 aliphatic heterocycles. The number of carbonyl (C=O) groups is 2. The van der Waals surface area contributed by atoms with Crippen molar-refractivity contribution in [2.75, 3.05) is 7.11 Å². The summed E-state index contributed by atoms with van der Waals surface area (Å²) in [5.74, 6) is -0.0279. The second-order valence-electron chi connectivity index (χ2n) is 4.87. The highest BCUT2D eigenvalue weighted by Gasteiger charge is 2.37. The highest BCUT2D eigenvalue weighted by Crippen LogP contribution is 2.31. The second kappa shape index (κ2) is 4.96. The van der Waals surface area contributed by atoms with Gasteiger partial charge in [-0.05, 0) is 30.5 Å². The summed E-state index contributed by atoms with van der Waals surface area (Å²) >= 11 is 0. The smallest absolute Gasteiger partial charge is 0.299 e. The molecule has 4 nitrogen and oxygen atoms in total. The van der Waals surface area contributed by atoms with Gasteiger partial charge in [0.05, 0.1) is 13.7 Å². The van der Waals surface area contributed by atoms with Crippen LogP contribution in [0, 0.1) is 0 Å². The van der Waals surface area contributed by atoms with Crippen molar-refractivity contribution in [1.29, 1.82) is 0 Å². The second-order valence-corrected chi connectivity index (χ2v) is 4.87. The fraction of sp³-hybridized carbons (Fsp3) is 0.250. The van der Waals surface area contributed by atoms with E-state index in [0.29, 0.717) is 12.1 Å². The van der Waals surface area contributed by atoms with Crippen LogP contribution in [0.1, 0.15) is 18.4 Å². The van der Waals surface area contributed by atoms with Crippen molar-refractivity contribution in [2.24, 2.45) is 0 Å². The van der Waals surface area contributed by atoms with Crippen LogP contribution in [0.3, 0.4) is 0 Å². The van der Waals surface area contributed by atoms with Gasteiger partial charge in [0.1, 0.15) is 5.75 Å². The molecular weight excluding hydrogens is 254 g/mol. The number of rotatable bonds is 3. The molecule has 3 rings (SSSR count). The summed E-state index contributed by atoms with van der Waals surface area (Å²) in [6, 6.07) is 7.53. The lowest BCUT2D eigenvalue weighted by Gasteiger charge is -2.20. The van der Waals surface area contributed by atoms with E-state index in [-0.39, 0.29) is 5.78 Å². The van der Waals surface area contributed by atoms with E-state index < -0.39 is 5.91 Å². The fourth-order valence-electron chi connectivity index (χ4n) is 2.58. The summed E-state index contributed by atoms with van der Waals surface area (Å²) in [5, 5.41) is 0. The molecule has 1 amide bonds. The normalized spacial score (nSPS) is 17.8. The Kier molecular flexibility index (Phi) is 3.14. The Labute approximate surface area is 117 Å². The van der Waals surface area contributed by atoms with Crippen LogP contribution in [0.25, 0.3) is 0 Å². The van der Waals surface area contributed by atoms with Crippen LogP contribution >= 0.6 is 0 Å². The Balaban J connectivity index is 1.86. The van der Waals surface area contributed by atoms with E-state index in [4.69, 9.17) is 4.74 Å². The maximum Gasteiger partial charge on any atom is 0.299 e. The van der Waals surface area contributed by atoms with E-state index in [1.165, 1.54) is 0 Å². The molecule has 0 N–H and O–H groups in total. The van der Waals surface area contributed by atoms with Crippen molar-refractivity contribution in [3.05, 3.63) is 53.3 Å². The minimum absolute atomic E-state index is 0.385. The van der Waals surface area contributed by atoms with E-state index >= 15 is 0 Å². The Morgan fingerprint density at radius 2 is 1.95 bits per heavy atom. The van der Waals surface area contributed by atoms with Crippen molar-refractivity contribution in [3.8, 4) is 5.75 Å². The lowest BCUT2D eigenvalue weighted by atomic mass is 10.0. The average Bonchev–Trinajstić information content (AvgIpc) is 2.74. The molecule has 4 heteroatoms. The van der Waals surface area contributed by atoms with Crippen LogP contribution < -0.4 is 4.74 Å². The van der Waals surface area contributed by atoms with Gasteiger partial charge in [-0.2, -0.15) is 0 Å². The van der Waals surface area contributed by atoms with Crippen molar-refractivity contribution in [1.82, 2.24) is 4.90 Å². The summed E-state index contributed by atoms with van der Waals surface area (Å²) in [4.78, 5) is 25.6. The molecular formula is C16H15NO3. The lowest BCUT2D eigenvalue weighted by Crippen LogP contribution is -2.28. The zero-order valence-electron chi connectivity index (χ0n) is 11.3. The molecule has 1 aliphatic carbocycles. The van der Waals surface area contributed by atoms with Crippen molar-refractivity contribution >= 4 is 11.7 Å². The molecule has 2 aliphatic rings. The number of ether oxygens (including phenoxy) is 1. The van der Waals surface area contributed by atoms with Crippen LogP contribution in [0.4, 0.5) is 0 Å². The molecule has 0 unspecified atom stereocenters. The standard InChI is InChI=1S/C16H15NO3/c1-20-12-8-6-11(7-9-12)10-17-14-5-3-2-4-13(14)15(18)16(17)19/h2,4,6-9H,3,5,10H2,1H3. The van der Waals surface area contributed by atoms with E-state index in [0.717, 1.165) is 29.9 Å². The van der Waals surface area contributed by atoms with Crippen molar-refractivity contribution in [3.63, 3.8) is 0 Å². The van der Waals surface area contributed by atoms with Gasteiger partial charge >= 0.3 is 0 Å². The number of carbonyl (C=O) groups excluding carboxylic acids is 2. The van der Waals surface area contributed by atoms with Gasteiger partial charge < -0.3 is 9.64 Å². The van der Waals surface area contributed by atoms with Crippen molar-refractivity contribution in [2.45, 2.75) is 19.4 Å². The maximum atomic E-state index is 12.1. The first-order valence-corrected chi connectivity index (χ1v) is 6.59. The molecule has 0 radical (unpaired) electrons. The van der Waals surface area contributed by atoms with Crippen LogP contribution in [0.15, 0.2) is 47.7 Å². The van der Waals surface area contributed by atoms with Crippen LogP contribution in [-0.4, -0.2) is 23.7 Å². The zero-order chi connectivity index (χ0) is 14.1. The number of Topliss-reactive ketones (excluding diaryl/α,β-unsaturated/α-hetero) is 1. The summed E-state index contributed by atoms with van der Waals surface area (Å²) in [6.45, 7) is 0.432. The topological polar surface area (TPSA) is 46.6 Å². The molecule has 0 atom stereocenters. The van der Waals surface area contributed by atoms with Gasteiger partial charge in [-0.1, -0.05) is 24.3 Å². The Morgan fingerprint density at radius 1 is 1.20 bits per heavy atom. The summed E-state index contributed by atoms with van der Waals surface area (Å²) < 4.78 is 5.11. The SMILES string of the molecule is COc1ccc(CN2C(=O)C(=O)C3=C2CCC=C3)cc1. The molecule has 102 valence electrons. The van der Waals surface area contributed by atoms with Crippen LogP contribution in [0.2, 0.25) is 0 Å². The average molecular weight is 269 g/mol. The first-order chi connectivity index (χ1) is 9.70. The Morgan fingerprint density at radius 3 is 2.65 bits per heavy atom. The number of allylic oxidation sites excluding steroid dienone is 3. The first-order valence-electron chi connectivity index (χ1n) is 6.59. The molecule has 0 aromatic heterocycles. The van der Waals surface area contributed by atoms with Crippen molar-refractivity contribution < 1.29 is 14.3 Å². The molecule has 1 aromatic rings. The molecule has 1 heterocycles. The van der Waals surface area contributed by atoms with E-state index in [1.54, 1.807) is 18.1 Å². The predicted molar refractivity (Wildman–Crippen MR) is 74.0 cm³/mol. The third kappa shape index (κ3) is 2.03. The van der Waals surface area contributed by atoms with Gasteiger partial charge in [-0.3, -0.25) is 9.59 Å². The minimum Gasteiger partial charge on any atom is -0.497 e. The quantitative estimate of drug-likeness (QED) is 0.790. The molecule has 0 bridgehead atoms. The number of hydrogen-bond acceptors (Lipinski definition) is 3. The summed E-state index contributed by atoms with van der Waals surface area (Å²) in [6.07, 6.45) is 5.34. The monoisotopic (exact) mass is 269 g/mol. The molecule has 0 fully saturated rings. The van der Waals surface area contributed by atoms with E-state index in [9.17, 15) is 9.59 Å². The van der Waals surface area contributed by atoms with Gasteiger partial charge in [-0.15, -0.1) is 0 Å². The molecule has 0 spiro atoms. The minimum atomic E-state index is -0.419. The largest absolute Gasteiger partial charge is 0.497 e. The molecule has 0 saturated carbocycles. The number of amides is 1. The van der Waals surface area contributed by atoms with Crippen LogP contribution in [0.5, 0.6) is 5.75 Å². The third-order valence-corrected chi connectivity index (χ3v) is 3.65. The number of ketones is 1. The summed E-state index contributed by atoms with van der Waals surface area (Å²) in [7, 11) is 1.61. The number of benzene rings is 1. The Bertz CT molecular complexity index is 626. The van der Waals surface area contributed by atoms with Gasteiger partial charge in [0.25, 0.3) is 11.7 Å². The van der Waals surface area contributed by atoms with Gasteiger partial charge in [0, 0.05) is 11.3 Å². The molecule has 20 heavy (non-hydrogen) atoms. The highest BCUT2D eigenvalue weighted by atomic mass is 16.5. The lowest BCUT2D eigenvalue weighted by molar-refractivity contribution is -0.139. The van der Waals surface area contributed by atoms with Gasteiger partial charge in [0.2, 0.25) is 0 Å². The van der Waals surface area contributed by atoms with E-state index in [2.05, 4.69) is 0 Å². The number of hydrogen-bond donors (Lipinski definition) is 0. The molecule has 0 saturated heterocycles. The predicted octanol–water partition coefficient (Wildman–Crippen LogP) is 2.21. The number of nitrogens with zero attached hydrogens (tertiary/aromatic N) is 1. The highest BCUT2D eigenvalue weighted by molar-refractivity contribution is 6.46. The molecule has 1 aromatic carbocycles. The maximum absolute atomic E-state index is 12.1. The fourth-order valence-corrected chi connectivity index (χ4v) is 2.58. The first kappa shape index (κ1) is 12.7. The van der Waals surface area contributed by atoms with Gasteiger partial charge in [0.15, 0.2) is 0 Å². The van der Waals surface area contributed by atoms with Gasteiger partial charge in [-0.25, -0.2) is 0 Å². The zero-order valence-corrected chi connectivity index (χ0v) is 11.3. The number of methoxy groups -OCH3 is 1.